The molecule has 0 fully saturated rings. The fourth-order valence-corrected chi connectivity index (χ4v) is 3.38. The average molecular weight is 394 g/mol. The van der Waals surface area contributed by atoms with Crippen LogP contribution in [0.15, 0.2) is 66.1 Å². The molecule has 4 rings (SSSR count). The molecule has 4 aromatic rings. The Hall–Kier alpha value is -3.33. The predicted octanol–water partition coefficient (Wildman–Crippen LogP) is 2.97. The molecule has 2 aromatic heterocycles. The summed E-state index contributed by atoms with van der Waals surface area (Å²) >= 11 is 1.54. The molecule has 0 radical (unpaired) electrons. The summed E-state index contributed by atoms with van der Waals surface area (Å²) < 4.78 is 9.36. The Morgan fingerprint density at radius 3 is 2.57 bits per heavy atom. The van der Waals surface area contributed by atoms with Gasteiger partial charge in [0.25, 0.3) is 0 Å². The van der Waals surface area contributed by atoms with E-state index in [1.165, 1.54) is 11.8 Å². The number of hydrogen-bond donors (Lipinski definition) is 1. The van der Waals surface area contributed by atoms with Crippen LogP contribution in [0.5, 0.6) is 11.5 Å². The Kier molecular flexibility index (Phi) is 5.24. The molecule has 2 heterocycles. The number of hydrogen-bond acceptors (Lipinski definition) is 7. The van der Waals surface area contributed by atoms with Crippen LogP contribution in [0.2, 0.25) is 0 Å². The van der Waals surface area contributed by atoms with Gasteiger partial charge in [-0.15, -0.1) is 5.10 Å². The summed E-state index contributed by atoms with van der Waals surface area (Å²) in [7, 11) is 1.94. The minimum atomic E-state index is 0.205. The topological polar surface area (TPSA) is 90.9 Å². The molecule has 0 spiro atoms. The van der Waals surface area contributed by atoms with Gasteiger partial charge in [-0.3, -0.25) is 0 Å². The van der Waals surface area contributed by atoms with Crippen LogP contribution in [-0.2, 0) is 19.4 Å². The lowest BCUT2D eigenvalue weighted by atomic mass is 10.2. The molecule has 9 heteroatoms. The SMILES string of the molecule is Cn1ccnc1COc1ccc(CSc2nnnn2-c2ccc(O)cc2)cc1. The van der Waals surface area contributed by atoms with Crippen molar-refractivity contribution in [3.05, 3.63) is 72.3 Å². The molecule has 0 atom stereocenters. The highest BCUT2D eigenvalue weighted by Crippen LogP contribution is 2.24. The number of aromatic hydroxyl groups is 1. The molecule has 0 unspecified atom stereocenters. The van der Waals surface area contributed by atoms with Crippen molar-refractivity contribution in [3.8, 4) is 17.2 Å². The third kappa shape index (κ3) is 4.15. The van der Waals surface area contributed by atoms with Crippen LogP contribution >= 0.6 is 11.8 Å². The number of phenolic OH excluding ortho intramolecular Hbond substituents is 1. The van der Waals surface area contributed by atoms with Crippen molar-refractivity contribution in [2.45, 2.75) is 17.5 Å². The summed E-state index contributed by atoms with van der Waals surface area (Å²) in [6.45, 7) is 0.430. The molecular weight excluding hydrogens is 376 g/mol. The highest BCUT2D eigenvalue weighted by molar-refractivity contribution is 7.98. The van der Waals surface area contributed by atoms with Crippen LogP contribution in [0.3, 0.4) is 0 Å². The smallest absolute Gasteiger partial charge is 0.214 e. The second-order valence-corrected chi connectivity index (χ2v) is 7.01. The fraction of sp³-hybridized carbons (Fsp3) is 0.158. The molecule has 1 N–H and O–H groups in total. The average Bonchev–Trinajstić information content (AvgIpc) is 3.35. The first kappa shape index (κ1) is 18.1. The van der Waals surface area contributed by atoms with Crippen molar-refractivity contribution in [3.63, 3.8) is 0 Å². The van der Waals surface area contributed by atoms with E-state index in [9.17, 15) is 5.11 Å². The van der Waals surface area contributed by atoms with Gasteiger partial charge in [0.1, 0.15) is 23.9 Å². The Bertz CT molecular complexity index is 1040. The van der Waals surface area contributed by atoms with E-state index in [2.05, 4.69) is 20.5 Å². The van der Waals surface area contributed by atoms with Gasteiger partial charge in [0.05, 0.1) is 5.69 Å². The number of nitrogens with zero attached hydrogens (tertiary/aromatic N) is 6. The van der Waals surface area contributed by atoms with Gasteiger partial charge in [0.15, 0.2) is 0 Å². The lowest BCUT2D eigenvalue weighted by Gasteiger charge is -2.07. The quantitative estimate of drug-likeness (QED) is 0.482. The first-order valence-corrected chi connectivity index (χ1v) is 9.56. The highest BCUT2D eigenvalue weighted by Gasteiger charge is 2.09. The second-order valence-electron chi connectivity index (χ2n) is 6.07. The van der Waals surface area contributed by atoms with E-state index in [4.69, 9.17) is 4.74 Å². The molecular formula is C19H18N6O2S. The van der Waals surface area contributed by atoms with E-state index in [1.54, 1.807) is 35.1 Å². The third-order valence-corrected chi connectivity index (χ3v) is 5.11. The number of ether oxygens (including phenoxy) is 1. The van der Waals surface area contributed by atoms with Crippen molar-refractivity contribution >= 4 is 11.8 Å². The first-order valence-electron chi connectivity index (χ1n) is 8.57. The van der Waals surface area contributed by atoms with Gasteiger partial charge in [0, 0.05) is 25.2 Å². The third-order valence-electron chi connectivity index (χ3n) is 4.12. The maximum absolute atomic E-state index is 9.42. The first-order chi connectivity index (χ1) is 13.7. The zero-order valence-corrected chi connectivity index (χ0v) is 16.0. The summed E-state index contributed by atoms with van der Waals surface area (Å²) in [6, 6.07) is 14.7. The van der Waals surface area contributed by atoms with Crippen molar-refractivity contribution in [1.29, 1.82) is 0 Å². The maximum atomic E-state index is 9.42. The summed E-state index contributed by atoms with van der Waals surface area (Å²) in [5, 5.41) is 22.0. The Balaban J connectivity index is 1.36. The van der Waals surface area contributed by atoms with E-state index in [-0.39, 0.29) is 5.75 Å². The number of thioether (sulfide) groups is 1. The number of benzene rings is 2. The number of imidazole rings is 1. The van der Waals surface area contributed by atoms with Gasteiger partial charge in [-0.2, -0.15) is 4.68 Å². The van der Waals surface area contributed by atoms with Crippen LogP contribution in [0.4, 0.5) is 0 Å². The normalized spacial score (nSPS) is 10.9. The molecule has 8 nitrogen and oxygen atoms in total. The number of rotatable bonds is 7. The fourth-order valence-electron chi connectivity index (χ4n) is 2.54. The summed E-state index contributed by atoms with van der Waals surface area (Å²) in [5.74, 6) is 2.60. The van der Waals surface area contributed by atoms with Crippen molar-refractivity contribution in [2.75, 3.05) is 0 Å². The van der Waals surface area contributed by atoms with E-state index in [1.807, 2.05) is 42.1 Å². The van der Waals surface area contributed by atoms with Gasteiger partial charge in [0.2, 0.25) is 5.16 Å². The molecule has 0 amide bonds. The van der Waals surface area contributed by atoms with Crippen molar-refractivity contribution in [2.24, 2.45) is 7.05 Å². The van der Waals surface area contributed by atoms with Crippen molar-refractivity contribution < 1.29 is 9.84 Å². The van der Waals surface area contributed by atoms with Crippen LogP contribution in [0.1, 0.15) is 11.4 Å². The molecule has 0 aliphatic carbocycles. The molecule has 0 aliphatic heterocycles. The number of aryl methyl sites for hydroxylation is 1. The standard InChI is InChI=1S/C19H18N6O2S/c1-24-11-10-20-18(24)12-27-17-8-2-14(3-9-17)13-28-19-21-22-23-25(19)15-4-6-16(26)7-5-15/h2-11,26H,12-13H2,1H3. The maximum Gasteiger partial charge on any atom is 0.214 e. The molecule has 0 saturated heterocycles. The largest absolute Gasteiger partial charge is 0.508 e. The van der Waals surface area contributed by atoms with Crippen LogP contribution in [-0.4, -0.2) is 34.9 Å². The number of phenols is 1. The minimum absolute atomic E-state index is 0.205. The van der Waals surface area contributed by atoms with Crippen molar-refractivity contribution in [1.82, 2.24) is 29.8 Å². The van der Waals surface area contributed by atoms with Crippen LogP contribution in [0, 0.1) is 0 Å². The van der Waals surface area contributed by atoms with Gasteiger partial charge >= 0.3 is 0 Å². The Labute approximate surface area is 165 Å². The minimum Gasteiger partial charge on any atom is -0.508 e. The summed E-state index contributed by atoms with van der Waals surface area (Å²) in [6.07, 6.45) is 3.65. The van der Waals surface area contributed by atoms with E-state index < -0.39 is 0 Å². The van der Waals surface area contributed by atoms with Gasteiger partial charge in [-0.05, 0) is 52.4 Å². The molecule has 142 valence electrons. The van der Waals surface area contributed by atoms with Gasteiger partial charge in [-0.25, -0.2) is 4.98 Å². The van der Waals surface area contributed by atoms with Gasteiger partial charge < -0.3 is 14.4 Å². The van der Waals surface area contributed by atoms with E-state index in [0.717, 1.165) is 28.6 Å². The van der Waals surface area contributed by atoms with Gasteiger partial charge in [-0.1, -0.05) is 23.9 Å². The second kappa shape index (κ2) is 8.13. The van der Waals surface area contributed by atoms with E-state index >= 15 is 0 Å². The highest BCUT2D eigenvalue weighted by atomic mass is 32.2. The monoisotopic (exact) mass is 394 g/mol. The molecule has 0 aliphatic rings. The summed E-state index contributed by atoms with van der Waals surface area (Å²) in [5.41, 5.74) is 1.93. The lowest BCUT2D eigenvalue weighted by Crippen LogP contribution is -2.02. The number of aromatic nitrogens is 6. The Morgan fingerprint density at radius 2 is 1.86 bits per heavy atom. The molecule has 28 heavy (non-hydrogen) atoms. The van der Waals surface area contributed by atoms with E-state index in [0.29, 0.717) is 11.8 Å². The molecule has 0 bridgehead atoms. The van der Waals surface area contributed by atoms with Crippen LogP contribution < -0.4 is 4.74 Å². The lowest BCUT2D eigenvalue weighted by molar-refractivity contribution is 0.292. The molecule has 0 saturated carbocycles. The number of tetrazole rings is 1. The molecule has 2 aromatic carbocycles. The predicted molar refractivity (Wildman–Crippen MR) is 104 cm³/mol. The van der Waals surface area contributed by atoms with Crippen LogP contribution in [0.25, 0.3) is 5.69 Å². The zero-order valence-electron chi connectivity index (χ0n) is 15.1. The zero-order chi connectivity index (χ0) is 19.3. The summed E-state index contributed by atoms with van der Waals surface area (Å²) in [4.78, 5) is 4.24. The Morgan fingerprint density at radius 1 is 1.07 bits per heavy atom.